The van der Waals surface area contributed by atoms with Crippen molar-refractivity contribution in [1.82, 2.24) is 0 Å². The fourth-order valence-corrected chi connectivity index (χ4v) is 1.30. The van der Waals surface area contributed by atoms with Crippen molar-refractivity contribution in [3.05, 3.63) is 28.2 Å². The molecular formula is C9H7BrClN3. The molecule has 1 rings (SSSR count). The zero-order valence-corrected chi connectivity index (χ0v) is 9.51. The van der Waals surface area contributed by atoms with Crippen LogP contribution in [0.1, 0.15) is 5.56 Å². The number of halogens is 2. The van der Waals surface area contributed by atoms with Gasteiger partial charge >= 0.3 is 0 Å². The van der Waals surface area contributed by atoms with Crippen LogP contribution < -0.4 is 5.73 Å². The number of rotatable bonds is 2. The predicted octanol–water partition coefficient (Wildman–Crippen LogP) is 2.55. The lowest BCUT2D eigenvalue weighted by molar-refractivity contribution is 1.40. The minimum atomic E-state index is 0.154. The second-order valence-corrected chi connectivity index (χ2v) is 3.69. The lowest BCUT2D eigenvalue weighted by Gasteiger charge is -1.99. The SMILES string of the molecule is N#Cc1cc(Br)ccc1N=C(N)CCl. The smallest absolute Gasteiger partial charge is 0.115 e. The third-order valence-corrected chi connectivity index (χ3v) is 2.25. The summed E-state index contributed by atoms with van der Waals surface area (Å²) in [4.78, 5) is 4.01. The van der Waals surface area contributed by atoms with Crippen LogP contribution in [-0.2, 0) is 0 Å². The van der Waals surface area contributed by atoms with Crippen LogP contribution in [0.3, 0.4) is 0 Å². The van der Waals surface area contributed by atoms with Crippen LogP contribution in [-0.4, -0.2) is 11.7 Å². The van der Waals surface area contributed by atoms with Gasteiger partial charge in [0.05, 0.1) is 17.1 Å². The van der Waals surface area contributed by atoms with Crippen molar-refractivity contribution in [3.63, 3.8) is 0 Å². The molecule has 0 atom stereocenters. The summed E-state index contributed by atoms with van der Waals surface area (Å²) in [6, 6.07) is 7.21. The average Bonchev–Trinajstić information content (AvgIpc) is 2.20. The summed E-state index contributed by atoms with van der Waals surface area (Å²) in [5.74, 6) is 0.450. The lowest BCUT2D eigenvalue weighted by Crippen LogP contribution is -2.12. The quantitative estimate of drug-likeness (QED) is 0.511. The molecule has 0 amide bonds. The van der Waals surface area contributed by atoms with Crippen molar-refractivity contribution in [2.75, 3.05) is 5.88 Å². The number of nitrogens with zero attached hydrogens (tertiary/aromatic N) is 2. The van der Waals surface area contributed by atoms with Crippen molar-refractivity contribution in [3.8, 4) is 6.07 Å². The molecule has 0 saturated carbocycles. The highest BCUT2D eigenvalue weighted by Gasteiger charge is 2.01. The molecular weight excluding hydrogens is 265 g/mol. The second-order valence-electron chi connectivity index (χ2n) is 2.51. The van der Waals surface area contributed by atoms with E-state index in [0.717, 1.165) is 4.47 Å². The van der Waals surface area contributed by atoms with Crippen molar-refractivity contribution >= 4 is 39.1 Å². The van der Waals surface area contributed by atoms with E-state index in [-0.39, 0.29) is 5.88 Å². The van der Waals surface area contributed by atoms with Crippen LogP contribution >= 0.6 is 27.5 Å². The summed E-state index contributed by atoms with van der Waals surface area (Å²) in [5.41, 5.74) is 6.46. The summed E-state index contributed by atoms with van der Waals surface area (Å²) >= 11 is 8.74. The first kappa shape index (κ1) is 11.0. The number of alkyl halides is 1. The van der Waals surface area contributed by atoms with E-state index in [1.54, 1.807) is 18.2 Å². The minimum absolute atomic E-state index is 0.154. The van der Waals surface area contributed by atoms with E-state index in [4.69, 9.17) is 22.6 Å². The maximum atomic E-state index is 8.81. The fourth-order valence-electron chi connectivity index (χ4n) is 0.880. The Hall–Kier alpha value is -1.05. The van der Waals surface area contributed by atoms with E-state index in [0.29, 0.717) is 17.1 Å². The summed E-state index contributed by atoms with van der Waals surface area (Å²) in [6.45, 7) is 0. The van der Waals surface area contributed by atoms with Crippen LogP contribution in [0, 0.1) is 11.3 Å². The maximum absolute atomic E-state index is 8.81. The Morgan fingerprint density at radius 3 is 2.93 bits per heavy atom. The van der Waals surface area contributed by atoms with Gasteiger partial charge in [-0.25, -0.2) is 4.99 Å². The van der Waals surface area contributed by atoms with E-state index < -0.39 is 0 Å². The Bertz CT molecular complexity index is 409. The molecule has 3 nitrogen and oxygen atoms in total. The van der Waals surface area contributed by atoms with Gasteiger partial charge in [-0.3, -0.25) is 0 Å². The molecule has 1 aromatic rings. The molecule has 0 aromatic heterocycles. The number of amidine groups is 1. The van der Waals surface area contributed by atoms with Crippen LogP contribution in [0.25, 0.3) is 0 Å². The number of nitriles is 1. The second kappa shape index (κ2) is 4.99. The zero-order valence-electron chi connectivity index (χ0n) is 7.17. The third kappa shape index (κ3) is 2.72. The molecule has 0 radical (unpaired) electrons. The van der Waals surface area contributed by atoms with Gasteiger partial charge in [0.15, 0.2) is 0 Å². The molecule has 2 N–H and O–H groups in total. The van der Waals surface area contributed by atoms with Gasteiger partial charge in [-0.05, 0) is 18.2 Å². The van der Waals surface area contributed by atoms with Crippen LogP contribution in [0.5, 0.6) is 0 Å². The highest BCUT2D eigenvalue weighted by molar-refractivity contribution is 9.10. The molecule has 0 heterocycles. The van der Waals surface area contributed by atoms with Gasteiger partial charge in [-0.1, -0.05) is 15.9 Å². The van der Waals surface area contributed by atoms with Gasteiger partial charge in [-0.2, -0.15) is 5.26 Å². The summed E-state index contributed by atoms with van der Waals surface area (Å²) in [5, 5.41) is 8.81. The number of aliphatic imine (C=N–C) groups is 1. The Kier molecular flexibility index (Phi) is 3.93. The van der Waals surface area contributed by atoms with Gasteiger partial charge in [-0.15, -0.1) is 11.6 Å². The predicted molar refractivity (Wildman–Crippen MR) is 60.9 cm³/mol. The zero-order chi connectivity index (χ0) is 10.6. The van der Waals surface area contributed by atoms with Gasteiger partial charge in [0.1, 0.15) is 11.9 Å². The number of hydrogen-bond donors (Lipinski definition) is 1. The topological polar surface area (TPSA) is 62.2 Å². The summed E-state index contributed by atoms with van der Waals surface area (Å²) in [6.07, 6.45) is 0. The van der Waals surface area contributed by atoms with E-state index in [2.05, 4.69) is 20.9 Å². The van der Waals surface area contributed by atoms with Crippen molar-refractivity contribution in [1.29, 1.82) is 5.26 Å². The molecule has 72 valence electrons. The van der Waals surface area contributed by atoms with Gasteiger partial charge in [0, 0.05) is 4.47 Å². The van der Waals surface area contributed by atoms with Crippen molar-refractivity contribution in [2.24, 2.45) is 10.7 Å². The van der Waals surface area contributed by atoms with Gasteiger partial charge < -0.3 is 5.73 Å². The normalized spacial score (nSPS) is 11.1. The number of hydrogen-bond acceptors (Lipinski definition) is 2. The van der Waals surface area contributed by atoms with Crippen LogP contribution in [0.4, 0.5) is 5.69 Å². The largest absolute Gasteiger partial charge is 0.386 e. The minimum Gasteiger partial charge on any atom is -0.386 e. The Balaban J connectivity index is 3.17. The van der Waals surface area contributed by atoms with Gasteiger partial charge in [0.2, 0.25) is 0 Å². The van der Waals surface area contributed by atoms with E-state index in [1.165, 1.54) is 0 Å². The van der Waals surface area contributed by atoms with Crippen molar-refractivity contribution in [2.45, 2.75) is 0 Å². The number of nitrogens with two attached hydrogens (primary N) is 1. The Morgan fingerprint density at radius 1 is 1.64 bits per heavy atom. The molecule has 0 unspecified atom stereocenters. The van der Waals surface area contributed by atoms with Crippen LogP contribution in [0.2, 0.25) is 0 Å². The molecule has 0 aliphatic carbocycles. The molecule has 0 aliphatic rings. The van der Waals surface area contributed by atoms with Crippen LogP contribution in [0.15, 0.2) is 27.7 Å². The monoisotopic (exact) mass is 271 g/mol. The standard InChI is InChI=1S/C9H7BrClN3/c10-7-1-2-8(6(3-7)5-12)14-9(13)4-11/h1-3H,4H2,(H2,13,14). The molecule has 0 fully saturated rings. The highest BCUT2D eigenvalue weighted by atomic mass is 79.9. The fraction of sp³-hybridized carbons (Fsp3) is 0.111. The molecule has 14 heavy (non-hydrogen) atoms. The Labute approximate surface area is 95.3 Å². The number of benzene rings is 1. The first-order valence-corrected chi connectivity index (χ1v) is 5.08. The van der Waals surface area contributed by atoms with Gasteiger partial charge in [0.25, 0.3) is 0 Å². The summed E-state index contributed by atoms with van der Waals surface area (Å²) < 4.78 is 0.831. The first-order valence-electron chi connectivity index (χ1n) is 3.76. The molecule has 0 bridgehead atoms. The maximum Gasteiger partial charge on any atom is 0.115 e. The van der Waals surface area contributed by atoms with E-state index in [9.17, 15) is 0 Å². The molecule has 0 saturated heterocycles. The summed E-state index contributed by atoms with van der Waals surface area (Å²) in [7, 11) is 0. The Morgan fingerprint density at radius 2 is 2.36 bits per heavy atom. The molecule has 0 spiro atoms. The lowest BCUT2D eigenvalue weighted by atomic mass is 10.2. The molecule has 0 aliphatic heterocycles. The van der Waals surface area contributed by atoms with E-state index in [1.807, 2.05) is 6.07 Å². The molecule has 1 aromatic carbocycles. The van der Waals surface area contributed by atoms with Crippen molar-refractivity contribution < 1.29 is 0 Å². The molecule has 5 heteroatoms. The highest BCUT2D eigenvalue weighted by Crippen LogP contribution is 2.22. The third-order valence-electron chi connectivity index (χ3n) is 1.48. The van der Waals surface area contributed by atoms with E-state index >= 15 is 0 Å². The first-order chi connectivity index (χ1) is 6.67. The average molecular weight is 273 g/mol.